The maximum atomic E-state index is 14.1. The number of nitrogens with one attached hydrogen (secondary N) is 2. The van der Waals surface area contributed by atoms with Crippen molar-refractivity contribution >= 4 is 23.2 Å². The molecule has 1 aliphatic heterocycles. The van der Waals surface area contributed by atoms with Gasteiger partial charge in [-0.3, -0.25) is 9.59 Å². The summed E-state index contributed by atoms with van der Waals surface area (Å²) in [6.07, 6.45) is 7.28. The van der Waals surface area contributed by atoms with Gasteiger partial charge in [0, 0.05) is 18.0 Å². The Labute approximate surface area is 122 Å². The van der Waals surface area contributed by atoms with Gasteiger partial charge in [0.25, 0.3) is 0 Å². The first-order valence-electron chi connectivity index (χ1n) is 7.21. The number of carbonyl (C=O) groups excluding carboxylic acids is 2. The summed E-state index contributed by atoms with van der Waals surface area (Å²) >= 11 is 0. The molecule has 2 amide bonds. The molecule has 0 aromatic heterocycles. The van der Waals surface area contributed by atoms with Gasteiger partial charge in [-0.1, -0.05) is 12.2 Å². The van der Waals surface area contributed by atoms with Gasteiger partial charge in [-0.25, -0.2) is 4.39 Å². The minimum absolute atomic E-state index is 0.0798. The summed E-state index contributed by atoms with van der Waals surface area (Å²) in [5.74, 6) is -0.811. The second-order valence-corrected chi connectivity index (χ2v) is 5.51. The highest BCUT2D eigenvalue weighted by molar-refractivity contribution is 5.97. The van der Waals surface area contributed by atoms with E-state index in [2.05, 4.69) is 16.7 Å². The molecule has 1 heterocycles. The van der Waals surface area contributed by atoms with E-state index in [0.29, 0.717) is 24.9 Å². The number of rotatable bonds is 2. The zero-order valence-corrected chi connectivity index (χ0v) is 11.6. The van der Waals surface area contributed by atoms with Crippen LogP contribution < -0.4 is 10.6 Å². The molecule has 21 heavy (non-hydrogen) atoms. The zero-order valence-electron chi connectivity index (χ0n) is 11.6. The Morgan fingerprint density at radius 1 is 1.29 bits per heavy atom. The fourth-order valence-electron chi connectivity index (χ4n) is 2.76. The lowest BCUT2D eigenvalue weighted by Crippen LogP contribution is -2.25. The molecule has 0 bridgehead atoms. The van der Waals surface area contributed by atoms with Gasteiger partial charge >= 0.3 is 0 Å². The van der Waals surface area contributed by atoms with E-state index >= 15 is 0 Å². The Balaban J connectivity index is 1.79. The first-order valence-corrected chi connectivity index (χ1v) is 7.21. The molecule has 1 atom stereocenters. The van der Waals surface area contributed by atoms with Crippen molar-refractivity contribution in [1.29, 1.82) is 0 Å². The minimum Gasteiger partial charge on any atom is -0.326 e. The Bertz CT molecular complexity index is 625. The van der Waals surface area contributed by atoms with Crippen LogP contribution in [0.25, 0.3) is 0 Å². The van der Waals surface area contributed by atoms with Crippen LogP contribution in [0.1, 0.15) is 31.2 Å². The Hall–Kier alpha value is -2.17. The summed E-state index contributed by atoms with van der Waals surface area (Å²) in [4.78, 5) is 23.5. The maximum absolute atomic E-state index is 14.1. The lowest BCUT2D eigenvalue weighted by atomic mass is 9.93. The van der Waals surface area contributed by atoms with E-state index in [4.69, 9.17) is 0 Å². The number of allylic oxidation sites excluding steroid dienone is 2. The zero-order chi connectivity index (χ0) is 14.8. The van der Waals surface area contributed by atoms with E-state index in [1.54, 1.807) is 0 Å². The van der Waals surface area contributed by atoms with Crippen LogP contribution >= 0.6 is 0 Å². The fraction of sp³-hybridized carbons (Fsp3) is 0.375. The van der Waals surface area contributed by atoms with Gasteiger partial charge in [0.2, 0.25) is 11.8 Å². The molecule has 1 aromatic carbocycles. The van der Waals surface area contributed by atoms with Gasteiger partial charge in [0.05, 0.1) is 5.69 Å². The van der Waals surface area contributed by atoms with Crippen molar-refractivity contribution in [1.82, 2.24) is 0 Å². The van der Waals surface area contributed by atoms with Crippen molar-refractivity contribution in [3.63, 3.8) is 0 Å². The molecule has 2 N–H and O–H groups in total. The molecular formula is C16H17FN2O2. The molecule has 1 aliphatic carbocycles. The first-order chi connectivity index (χ1) is 10.1. The molecule has 0 fully saturated rings. The van der Waals surface area contributed by atoms with Crippen LogP contribution in [0, 0.1) is 11.7 Å². The maximum Gasteiger partial charge on any atom is 0.227 e. The summed E-state index contributed by atoms with van der Waals surface area (Å²) < 4.78 is 14.1. The number of fused-ring (bicyclic) bond motifs is 1. The average Bonchev–Trinajstić information content (AvgIpc) is 2.49. The monoisotopic (exact) mass is 288 g/mol. The summed E-state index contributed by atoms with van der Waals surface area (Å²) in [6.45, 7) is 0. The van der Waals surface area contributed by atoms with Crippen LogP contribution in [-0.2, 0) is 16.0 Å². The van der Waals surface area contributed by atoms with Gasteiger partial charge in [-0.15, -0.1) is 0 Å². The van der Waals surface area contributed by atoms with Crippen LogP contribution in [0.15, 0.2) is 24.3 Å². The van der Waals surface area contributed by atoms with Crippen molar-refractivity contribution in [2.75, 3.05) is 10.6 Å². The number of aryl methyl sites for hydroxylation is 1. The predicted octanol–water partition coefficient (Wildman–Crippen LogP) is 3.01. The van der Waals surface area contributed by atoms with Gasteiger partial charge in [-0.05, 0) is 43.4 Å². The van der Waals surface area contributed by atoms with Crippen LogP contribution in [0.5, 0.6) is 0 Å². The number of halogens is 1. The highest BCUT2D eigenvalue weighted by Gasteiger charge is 2.22. The van der Waals surface area contributed by atoms with Crippen molar-refractivity contribution < 1.29 is 14.0 Å². The number of amides is 2. The number of carbonyl (C=O) groups is 2. The van der Waals surface area contributed by atoms with E-state index in [1.165, 1.54) is 12.1 Å². The second kappa shape index (κ2) is 5.68. The first kappa shape index (κ1) is 13.8. The van der Waals surface area contributed by atoms with Crippen molar-refractivity contribution in [3.05, 3.63) is 35.7 Å². The number of hydrogen-bond acceptors (Lipinski definition) is 2. The highest BCUT2D eigenvalue weighted by Crippen LogP contribution is 2.29. The smallest absolute Gasteiger partial charge is 0.227 e. The van der Waals surface area contributed by atoms with Crippen LogP contribution in [0.2, 0.25) is 0 Å². The van der Waals surface area contributed by atoms with E-state index in [1.807, 2.05) is 6.08 Å². The standard InChI is InChI=1S/C16H17FN2O2/c17-12-8-11-6-7-15(20)18-13(11)9-14(12)19-16(21)10-4-2-1-3-5-10/h1-2,8-10H,3-7H2,(H,18,20)(H,19,21). The molecule has 3 rings (SSSR count). The Kier molecular flexibility index (Phi) is 3.73. The van der Waals surface area contributed by atoms with E-state index in [-0.39, 0.29) is 23.4 Å². The second-order valence-electron chi connectivity index (χ2n) is 5.51. The van der Waals surface area contributed by atoms with Crippen molar-refractivity contribution in [3.8, 4) is 0 Å². The van der Waals surface area contributed by atoms with Crippen molar-refractivity contribution in [2.24, 2.45) is 5.92 Å². The van der Waals surface area contributed by atoms with Crippen molar-refractivity contribution in [2.45, 2.75) is 32.1 Å². The molecule has 1 unspecified atom stereocenters. The molecule has 0 radical (unpaired) electrons. The SMILES string of the molecule is O=C1CCc2cc(F)c(NC(=O)C3CC=CCC3)cc2N1. The van der Waals surface area contributed by atoms with Crippen LogP contribution in [0.4, 0.5) is 15.8 Å². The normalized spacial score (nSPS) is 20.6. The summed E-state index contributed by atoms with van der Waals surface area (Å²) in [5, 5.41) is 5.36. The third-order valence-electron chi connectivity index (χ3n) is 3.99. The molecule has 0 saturated carbocycles. The highest BCUT2D eigenvalue weighted by atomic mass is 19.1. The quantitative estimate of drug-likeness (QED) is 0.822. The van der Waals surface area contributed by atoms with E-state index in [9.17, 15) is 14.0 Å². The lowest BCUT2D eigenvalue weighted by Gasteiger charge is -2.20. The topological polar surface area (TPSA) is 58.2 Å². The van der Waals surface area contributed by atoms with Gasteiger partial charge < -0.3 is 10.6 Å². The van der Waals surface area contributed by atoms with Crippen LogP contribution in [-0.4, -0.2) is 11.8 Å². The average molecular weight is 288 g/mol. The Morgan fingerprint density at radius 2 is 2.14 bits per heavy atom. The van der Waals surface area contributed by atoms with Gasteiger partial charge in [0.15, 0.2) is 0 Å². The summed E-state index contributed by atoms with van der Waals surface area (Å²) in [6, 6.07) is 2.91. The van der Waals surface area contributed by atoms with Crippen LogP contribution in [0.3, 0.4) is 0 Å². The van der Waals surface area contributed by atoms with Gasteiger partial charge in [-0.2, -0.15) is 0 Å². The number of anilines is 2. The fourth-order valence-corrected chi connectivity index (χ4v) is 2.76. The predicted molar refractivity (Wildman–Crippen MR) is 78.5 cm³/mol. The molecular weight excluding hydrogens is 271 g/mol. The molecule has 4 nitrogen and oxygen atoms in total. The number of hydrogen-bond donors (Lipinski definition) is 2. The molecule has 1 aromatic rings. The summed E-state index contributed by atoms with van der Waals surface area (Å²) in [7, 11) is 0. The third kappa shape index (κ3) is 2.96. The Morgan fingerprint density at radius 3 is 2.90 bits per heavy atom. The van der Waals surface area contributed by atoms with Gasteiger partial charge in [0.1, 0.15) is 5.82 Å². The molecule has 0 spiro atoms. The number of benzene rings is 1. The molecule has 110 valence electrons. The van der Waals surface area contributed by atoms with E-state index in [0.717, 1.165) is 18.4 Å². The molecule has 0 saturated heterocycles. The third-order valence-corrected chi connectivity index (χ3v) is 3.99. The summed E-state index contributed by atoms with van der Waals surface area (Å²) in [5.41, 5.74) is 1.49. The molecule has 5 heteroatoms. The minimum atomic E-state index is -0.454. The lowest BCUT2D eigenvalue weighted by molar-refractivity contribution is -0.120. The largest absolute Gasteiger partial charge is 0.326 e. The molecule has 2 aliphatic rings. The van der Waals surface area contributed by atoms with E-state index < -0.39 is 5.82 Å².